The lowest BCUT2D eigenvalue weighted by molar-refractivity contribution is -0.125. The number of carbonyl (C=O) groups is 2. The number of hydrogen-bond donors (Lipinski definition) is 1. The highest BCUT2D eigenvalue weighted by Crippen LogP contribution is 2.27. The molecule has 2 aromatic carbocycles. The molecule has 4 rings (SSSR count). The summed E-state index contributed by atoms with van der Waals surface area (Å²) in [5.41, 5.74) is 7.79. The number of amides is 1. The van der Waals surface area contributed by atoms with Crippen molar-refractivity contribution in [2.45, 2.75) is 12.8 Å². The molecule has 36 heavy (non-hydrogen) atoms. The molecule has 0 aliphatic carbocycles. The summed E-state index contributed by atoms with van der Waals surface area (Å²) in [5.74, 6) is -1.57. The molecule has 0 spiro atoms. The van der Waals surface area contributed by atoms with Crippen LogP contribution in [-0.4, -0.2) is 52.4 Å². The van der Waals surface area contributed by atoms with Crippen molar-refractivity contribution in [3.63, 3.8) is 0 Å². The Balaban J connectivity index is 1.64. The highest BCUT2D eigenvalue weighted by molar-refractivity contribution is 6.16. The lowest BCUT2D eigenvalue weighted by Gasteiger charge is -2.17. The van der Waals surface area contributed by atoms with Gasteiger partial charge in [-0.1, -0.05) is 24.8 Å². The van der Waals surface area contributed by atoms with Crippen LogP contribution in [0.5, 0.6) is 0 Å². The van der Waals surface area contributed by atoms with Gasteiger partial charge in [-0.25, -0.2) is 18.7 Å². The first-order valence-corrected chi connectivity index (χ1v) is 11.4. The lowest BCUT2D eigenvalue weighted by Crippen LogP contribution is -2.27. The van der Waals surface area contributed by atoms with E-state index in [1.165, 1.54) is 49.8 Å². The number of aromatic nitrogens is 2. The Bertz CT molecular complexity index is 1370. The number of carbonyl (C=O) groups excluding carboxylic acids is 2. The van der Waals surface area contributed by atoms with E-state index in [0.29, 0.717) is 30.8 Å². The Morgan fingerprint density at radius 2 is 1.97 bits per heavy atom. The third kappa shape index (κ3) is 5.05. The van der Waals surface area contributed by atoms with E-state index in [4.69, 9.17) is 5.73 Å². The van der Waals surface area contributed by atoms with E-state index in [9.17, 15) is 14.0 Å². The summed E-state index contributed by atoms with van der Waals surface area (Å²) in [6.45, 7) is 4.71. The van der Waals surface area contributed by atoms with Crippen LogP contribution in [0.15, 0.2) is 66.4 Å². The maximum absolute atomic E-state index is 15.3. The monoisotopic (exact) mass is 489 g/mol. The fourth-order valence-corrected chi connectivity index (χ4v) is 4.46. The molecular formula is C27H25F2N5O2. The summed E-state index contributed by atoms with van der Waals surface area (Å²) in [4.78, 5) is 39.2. The number of aliphatic imine (C=N–C) groups is 1. The standard InChI is InChI=1S/C27H25F2N5O2/c1-3-23(35)34-10-9-16(14-34)11-22-24(27(30)33-15-32-22)25(31-2)20-8-7-18(13-21(20)29)26(36)17-5-4-6-19(28)12-17/h3-8,12-13,15-16H,1,9-11,14H2,2H3,(H2,30,32,33). The third-order valence-electron chi connectivity index (χ3n) is 6.24. The van der Waals surface area contributed by atoms with Gasteiger partial charge in [0.05, 0.1) is 17.0 Å². The average Bonchev–Trinajstić information content (AvgIpc) is 3.34. The van der Waals surface area contributed by atoms with Crippen molar-refractivity contribution >= 4 is 23.2 Å². The molecule has 0 radical (unpaired) electrons. The van der Waals surface area contributed by atoms with Gasteiger partial charge in [-0.3, -0.25) is 14.6 Å². The molecule has 2 heterocycles. The molecule has 2 N–H and O–H groups in total. The van der Waals surface area contributed by atoms with Crippen LogP contribution in [0.25, 0.3) is 0 Å². The predicted octanol–water partition coefficient (Wildman–Crippen LogP) is 3.61. The molecule has 1 aliphatic rings. The van der Waals surface area contributed by atoms with Crippen molar-refractivity contribution in [3.05, 3.63) is 101 Å². The summed E-state index contributed by atoms with van der Waals surface area (Å²) >= 11 is 0. The number of halogens is 2. The van der Waals surface area contributed by atoms with Crippen molar-refractivity contribution in [1.29, 1.82) is 0 Å². The SMILES string of the molecule is C=CC(=O)N1CCC(Cc2ncnc(N)c2C(=NC)c2ccc(C(=O)c3cccc(F)c3)cc2F)C1. The minimum atomic E-state index is -0.685. The molecule has 1 fully saturated rings. The van der Waals surface area contributed by atoms with Crippen LogP contribution in [0, 0.1) is 17.6 Å². The summed E-state index contributed by atoms with van der Waals surface area (Å²) in [6, 6.07) is 9.24. The van der Waals surface area contributed by atoms with Crippen LogP contribution in [0.3, 0.4) is 0 Å². The fraction of sp³-hybridized carbons (Fsp3) is 0.222. The first-order chi connectivity index (χ1) is 17.3. The van der Waals surface area contributed by atoms with Crippen LogP contribution in [0.1, 0.15) is 39.2 Å². The first kappa shape index (κ1) is 24.8. The number of hydrogen-bond acceptors (Lipinski definition) is 6. The second-order valence-corrected chi connectivity index (χ2v) is 8.53. The highest BCUT2D eigenvalue weighted by Gasteiger charge is 2.28. The Hall–Kier alpha value is -4.27. The van der Waals surface area contributed by atoms with Crippen molar-refractivity contribution in [1.82, 2.24) is 14.9 Å². The normalized spacial score (nSPS) is 15.7. The van der Waals surface area contributed by atoms with E-state index in [2.05, 4.69) is 21.5 Å². The molecule has 1 aromatic heterocycles. The van der Waals surface area contributed by atoms with E-state index >= 15 is 4.39 Å². The van der Waals surface area contributed by atoms with Gasteiger partial charge in [-0.05, 0) is 49.1 Å². The molecule has 184 valence electrons. The van der Waals surface area contributed by atoms with E-state index in [1.807, 2.05) is 0 Å². The van der Waals surface area contributed by atoms with Crippen LogP contribution < -0.4 is 5.73 Å². The first-order valence-electron chi connectivity index (χ1n) is 11.4. The Labute approximate surface area is 207 Å². The average molecular weight is 490 g/mol. The summed E-state index contributed by atoms with van der Waals surface area (Å²) in [5, 5.41) is 0. The molecule has 1 saturated heterocycles. The van der Waals surface area contributed by atoms with Crippen molar-refractivity contribution in [3.8, 4) is 0 Å². The molecule has 0 saturated carbocycles. The van der Waals surface area contributed by atoms with Crippen LogP contribution in [0.2, 0.25) is 0 Å². The zero-order chi connectivity index (χ0) is 25.8. The minimum absolute atomic E-state index is 0.0766. The second kappa shape index (κ2) is 10.6. The third-order valence-corrected chi connectivity index (χ3v) is 6.24. The molecule has 1 amide bonds. The topological polar surface area (TPSA) is 102 Å². The smallest absolute Gasteiger partial charge is 0.245 e. The number of anilines is 1. The minimum Gasteiger partial charge on any atom is -0.383 e. The van der Waals surface area contributed by atoms with E-state index in [0.717, 1.165) is 18.6 Å². The quantitative estimate of drug-likeness (QED) is 0.310. The fourth-order valence-electron chi connectivity index (χ4n) is 4.46. The van der Waals surface area contributed by atoms with Gasteiger partial charge >= 0.3 is 0 Å². The van der Waals surface area contributed by atoms with Gasteiger partial charge in [0.15, 0.2) is 5.78 Å². The molecule has 0 bridgehead atoms. The van der Waals surface area contributed by atoms with E-state index < -0.39 is 17.4 Å². The molecular weight excluding hydrogens is 464 g/mol. The van der Waals surface area contributed by atoms with Gasteiger partial charge in [0.25, 0.3) is 0 Å². The molecule has 1 atom stereocenters. The Morgan fingerprint density at radius 1 is 1.19 bits per heavy atom. The van der Waals surface area contributed by atoms with Crippen molar-refractivity contribution in [2.75, 3.05) is 25.9 Å². The van der Waals surface area contributed by atoms with Gasteiger partial charge in [0.1, 0.15) is 23.8 Å². The summed E-state index contributed by atoms with van der Waals surface area (Å²) in [7, 11) is 1.51. The van der Waals surface area contributed by atoms with Gasteiger partial charge in [-0.2, -0.15) is 0 Å². The molecule has 9 heteroatoms. The number of benzene rings is 2. The second-order valence-electron chi connectivity index (χ2n) is 8.53. The summed E-state index contributed by atoms with van der Waals surface area (Å²) < 4.78 is 28.9. The Morgan fingerprint density at radius 3 is 2.67 bits per heavy atom. The van der Waals surface area contributed by atoms with Gasteiger partial charge < -0.3 is 10.6 Å². The Kier molecular flexibility index (Phi) is 7.28. The maximum atomic E-state index is 15.3. The van der Waals surface area contributed by atoms with E-state index in [-0.39, 0.29) is 40.0 Å². The number of ketones is 1. The number of rotatable bonds is 7. The van der Waals surface area contributed by atoms with E-state index in [1.54, 1.807) is 4.90 Å². The number of nitrogens with two attached hydrogens (primary N) is 1. The number of likely N-dealkylation sites (tertiary alicyclic amines) is 1. The maximum Gasteiger partial charge on any atom is 0.245 e. The zero-order valence-electron chi connectivity index (χ0n) is 19.7. The lowest BCUT2D eigenvalue weighted by atomic mass is 9.93. The largest absolute Gasteiger partial charge is 0.383 e. The summed E-state index contributed by atoms with van der Waals surface area (Å²) in [6.07, 6.45) is 3.93. The van der Waals surface area contributed by atoms with Crippen molar-refractivity contribution in [2.24, 2.45) is 10.9 Å². The number of nitrogens with zero attached hydrogens (tertiary/aromatic N) is 4. The number of nitrogen functional groups attached to an aromatic ring is 1. The zero-order valence-corrected chi connectivity index (χ0v) is 19.7. The van der Waals surface area contributed by atoms with Gasteiger partial charge in [0.2, 0.25) is 5.91 Å². The van der Waals surface area contributed by atoms with Crippen LogP contribution in [-0.2, 0) is 11.2 Å². The van der Waals surface area contributed by atoms with Crippen LogP contribution >= 0.6 is 0 Å². The predicted molar refractivity (Wildman–Crippen MR) is 133 cm³/mol. The van der Waals surface area contributed by atoms with Gasteiger partial charge in [0, 0.05) is 36.8 Å². The molecule has 3 aromatic rings. The van der Waals surface area contributed by atoms with Gasteiger partial charge in [-0.15, -0.1) is 0 Å². The van der Waals surface area contributed by atoms with Crippen LogP contribution in [0.4, 0.5) is 14.6 Å². The molecule has 1 unspecified atom stereocenters. The van der Waals surface area contributed by atoms with Crippen molar-refractivity contribution < 1.29 is 18.4 Å². The molecule has 1 aliphatic heterocycles. The highest BCUT2D eigenvalue weighted by atomic mass is 19.1. The molecule has 7 nitrogen and oxygen atoms in total.